The predicted molar refractivity (Wildman–Crippen MR) is 76.8 cm³/mol. The summed E-state index contributed by atoms with van der Waals surface area (Å²) in [6, 6.07) is 5.04. The van der Waals surface area contributed by atoms with Crippen LogP contribution in [0.25, 0.3) is 11.0 Å². The summed E-state index contributed by atoms with van der Waals surface area (Å²) in [6.07, 6.45) is 3.12. The van der Waals surface area contributed by atoms with E-state index in [0.29, 0.717) is 16.6 Å². The number of halogens is 2. The van der Waals surface area contributed by atoms with Gasteiger partial charge in [0.05, 0.1) is 11.4 Å². The van der Waals surface area contributed by atoms with Crippen LogP contribution in [0.5, 0.6) is 0 Å². The summed E-state index contributed by atoms with van der Waals surface area (Å²) in [5.74, 6) is 0.766. The Morgan fingerprint density at radius 2 is 2.28 bits per heavy atom. The van der Waals surface area contributed by atoms with Crippen LogP contribution >= 0.6 is 23.4 Å². The third-order valence-corrected chi connectivity index (χ3v) is 4.37. The average molecular weight is 287 g/mol. The van der Waals surface area contributed by atoms with Gasteiger partial charge in [-0.15, -0.1) is 11.6 Å². The second kappa shape index (κ2) is 5.93. The van der Waals surface area contributed by atoms with Crippen molar-refractivity contribution in [3.63, 3.8) is 0 Å². The Morgan fingerprint density at radius 1 is 1.50 bits per heavy atom. The number of benzene rings is 1. The van der Waals surface area contributed by atoms with Gasteiger partial charge in [0.15, 0.2) is 5.82 Å². The first-order chi connectivity index (χ1) is 8.67. The zero-order chi connectivity index (χ0) is 13.1. The van der Waals surface area contributed by atoms with Crippen molar-refractivity contribution in [2.45, 2.75) is 31.0 Å². The summed E-state index contributed by atoms with van der Waals surface area (Å²) in [5.41, 5.74) is 1.25. The fourth-order valence-electron chi connectivity index (χ4n) is 1.94. The number of imidazole rings is 1. The molecule has 0 aliphatic rings. The fraction of sp³-hybridized carbons (Fsp3) is 0.462. The summed E-state index contributed by atoms with van der Waals surface area (Å²) in [5, 5.41) is 0.569. The quantitative estimate of drug-likeness (QED) is 0.772. The molecule has 2 rings (SSSR count). The number of hydrogen-bond donors (Lipinski definition) is 0. The van der Waals surface area contributed by atoms with Crippen LogP contribution in [-0.2, 0) is 12.4 Å². The molecular formula is C13H16ClFN2S. The molecule has 1 unspecified atom stereocenters. The molecule has 0 N–H and O–H groups in total. The summed E-state index contributed by atoms with van der Waals surface area (Å²) >= 11 is 7.72. The largest absolute Gasteiger partial charge is 0.327 e. The Bertz CT molecular complexity index is 541. The van der Waals surface area contributed by atoms with Crippen molar-refractivity contribution >= 4 is 34.4 Å². The predicted octanol–water partition coefficient (Wildman–Crippen LogP) is 4.06. The smallest absolute Gasteiger partial charge is 0.151 e. The number of aromatic nitrogens is 2. The number of rotatable bonds is 5. The standard InChI is InChI=1S/C13H16ClFN2S/c1-9(18-2)6-7-17-11-5-3-4-10(15)13(11)16-12(17)8-14/h3-5,9H,6-8H2,1-2H3. The highest BCUT2D eigenvalue weighted by Crippen LogP contribution is 2.22. The Labute approximate surface area is 116 Å². The summed E-state index contributed by atoms with van der Waals surface area (Å²) in [7, 11) is 0. The monoisotopic (exact) mass is 286 g/mol. The Kier molecular flexibility index (Phi) is 4.51. The topological polar surface area (TPSA) is 17.8 Å². The molecule has 1 heterocycles. The molecule has 2 aromatic rings. The van der Waals surface area contributed by atoms with E-state index < -0.39 is 0 Å². The minimum Gasteiger partial charge on any atom is -0.327 e. The van der Waals surface area contributed by atoms with Gasteiger partial charge in [-0.1, -0.05) is 13.0 Å². The first kappa shape index (κ1) is 13.7. The number of para-hydroxylation sites is 1. The van der Waals surface area contributed by atoms with E-state index in [4.69, 9.17) is 11.6 Å². The van der Waals surface area contributed by atoms with E-state index in [1.54, 1.807) is 6.07 Å². The molecule has 1 atom stereocenters. The van der Waals surface area contributed by atoms with Crippen LogP contribution in [0.15, 0.2) is 18.2 Å². The fourth-order valence-corrected chi connectivity index (χ4v) is 2.49. The number of aryl methyl sites for hydroxylation is 1. The normalized spacial score (nSPS) is 13.1. The van der Waals surface area contributed by atoms with Crippen molar-refractivity contribution in [1.82, 2.24) is 9.55 Å². The highest BCUT2D eigenvalue weighted by atomic mass is 35.5. The third kappa shape index (κ3) is 2.64. The van der Waals surface area contributed by atoms with Crippen LogP contribution in [0.1, 0.15) is 19.2 Å². The van der Waals surface area contributed by atoms with Gasteiger partial charge in [-0.3, -0.25) is 0 Å². The molecule has 0 saturated heterocycles. The summed E-state index contributed by atoms with van der Waals surface area (Å²) in [4.78, 5) is 4.28. The van der Waals surface area contributed by atoms with Crippen LogP contribution in [0, 0.1) is 5.82 Å². The third-order valence-electron chi connectivity index (χ3n) is 3.09. The van der Waals surface area contributed by atoms with E-state index in [-0.39, 0.29) is 5.82 Å². The van der Waals surface area contributed by atoms with Gasteiger partial charge in [0, 0.05) is 11.8 Å². The zero-order valence-corrected chi connectivity index (χ0v) is 12.1. The summed E-state index contributed by atoms with van der Waals surface area (Å²) in [6.45, 7) is 3.01. The van der Waals surface area contributed by atoms with Gasteiger partial charge in [-0.25, -0.2) is 9.37 Å². The molecular weight excluding hydrogens is 271 g/mol. The van der Waals surface area contributed by atoms with E-state index in [2.05, 4.69) is 18.2 Å². The molecule has 0 spiro atoms. The Hall–Kier alpha value is -0.740. The molecule has 0 saturated carbocycles. The molecule has 5 heteroatoms. The molecule has 0 amide bonds. The van der Waals surface area contributed by atoms with E-state index in [0.717, 1.165) is 24.3 Å². The second-order valence-corrected chi connectivity index (χ2v) is 5.80. The van der Waals surface area contributed by atoms with Gasteiger partial charge in [0.2, 0.25) is 0 Å². The molecule has 1 aromatic heterocycles. The van der Waals surface area contributed by atoms with Crippen molar-refractivity contribution in [2.24, 2.45) is 0 Å². The minimum absolute atomic E-state index is 0.282. The maximum Gasteiger partial charge on any atom is 0.151 e. The van der Waals surface area contributed by atoms with Crippen LogP contribution in [0.2, 0.25) is 0 Å². The van der Waals surface area contributed by atoms with Gasteiger partial charge < -0.3 is 4.57 Å². The van der Waals surface area contributed by atoms with Gasteiger partial charge in [0.25, 0.3) is 0 Å². The maximum atomic E-state index is 13.7. The van der Waals surface area contributed by atoms with Crippen molar-refractivity contribution in [2.75, 3.05) is 6.26 Å². The van der Waals surface area contributed by atoms with E-state index in [1.807, 2.05) is 22.4 Å². The van der Waals surface area contributed by atoms with Crippen LogP contribution in [-0.4, -0.2) is 21.1 Å². The molecule has 0 aliphatic heterocycles. The highest BCUT2D eigenvalue weighted by molar-refractivity contribution is 7.99. The number of fused-ring (bicyclic) bond motifs is 1. The lowest BCUT2D eigenvalue weighted by molar-refractivity contribution is 0.635. The van der Waals surface area contributed by atoms with Crippen molar-refractivity contribution < 1.29 is 4.39 Å². The summed E-state index contributed by atoms with van der Waals surface area (Å²) < 4.78 is 15.7. The number of nitrogens with zero attached hydrogens (tertiary/aromatic N) is 2. The molecule has 0 radical (unpaired) electrons. The molecule has 98 valence electrons. The first-order valence-corrected chi connectivity index (χ1v) is 7.72. The zero-order valence-electron chi connectivity index (χ0n) is 10.5. The Morgan fingerprint density at radius 3 is 2.94 bits per heavy atom. The maximum absolute atomic E-state index is 13.7. The lowest BCUT2D eigenvalue weighted by Gasteiger charge is -2.11. The van der Waals surface area contributed by atoms with Crippen molar-refractivity contribution in [3.8, 4) is 0 Å². The number of thioether (sulfide) groups is 1. The average Bonchev–Trinajstić information content (AvgIpc) is 2.75. The Balaban J connectivity index is 2.38. The molecule has 0 bridgehead atoms. The molecule has 18 heavy (non-hydrogen) atoms. The molecule has 2 nitrogen and oxygen atoms in total. The molecule has 0 aliphatic carbocycles. The first-order valence-electron chi connectivity index (χ1n) is 5.89. The SMILES string of the molecule is CSC(C)CCn1c(CCl)nc2c(F)cccc21. The van der Waals surface area contributed by atoms with Gasteiger partial charge in [-0.2, -0.15) is 11.8 Å². The van der Waals surface area contributed by atoms with E-state index in [1.165, 1.54) is 6.07 Å². The van der Waals surface area contributed by atoms with Gasteiger partial charge in [0.1, 0.15) is 11.3 Å². The van der Waals surface area contributed by atoms with Crippen molar-refractivity contribution in [3.05, 3.63) is 29.8 Å². The van der Waals surface area contributed by atoms with Crippen LogP contribution < -0.4 is 0 Å². The molecule has 0 fully saturated rings. The lowest BCUT2D eigenvalue weighted by atomic mass is 10.3. The van der Waals surface area contributed by atoms with E-state index >= 15 is 0 Å². The number of hydrogen-bond acceptors (Lipinski definition) is 2. The second-order valence-electron chi connectivity index (χ2n) is 4.26. The van der Waals surface area contributed by atoms with Gasteiger partial charge in [-0.05, 0) is 24.8 Å². The lowest BCUT2D eigenvalue weighted by Crippen LogP contribution is -2.07. The molecule has 1 aromatic carbocycles. The van der Waals surface area contributed by atoms with Gasteiger partial charge >= 0.3 is 0 Å². The van der Waals surface area contributed by atoms with E-state index in [9.17, 15) is 4.39 Å². The minimum atomic E-state index is -0.282. The van der Waals surface area contributed by atoms with Crippen LogP contribution in [0.4, 0.5) is 4.39 Å². The highest BCUT2D eigenvalue weighted by Gasteiger charge is 2.13. The van der Waals surface area contributed by atoms with Crippen LogP contribution in [0.3, 0.4) is 0 Å². The van der Waals surface area contributed by atoms with Crippen molar-refractivity contribution in [1.29, 1.82) is 0 Å². The number of alkyl halides is 1.